The molecule has 0 atom stereocenters. The number of aliphatic hydroxyl groups excluding tert-OH is 1. The predicted octanol–water partition coefficient (Wildman–Crippen LogP) is 1.99. The van der Waals surface area contributed by atoms with Crippen molar-refractivity contribution < 1.29 is 9.90 Å². The van der Waals surface area contributed by atoms with Crippen LogP contribution in [0.1, 0.15) is 31.7 Å². The zero-order valence-corrected chi connectivity index (χ0v) is 14.4. The second-order valence-corrected chi connectivity index (χ2v) is 6.62. The van der Waals surface area contributed by atoms with Crippen molar-refractivity contribution in [2.45, 2.75) is 33.7 Å². The minimum Gasteiger partial charge on any atom is -0.396 e. The molecule has 2 amide bonds. The number of nitrogens with zero attached hydrogens (tertiary/aromatic N) is 2. The normalized spacial score (nSPS) is 11.3. The predicted molar refractivity (Wildman–Crippen MR) is 92.3 cm³/mol. The van der Waals surface area contributed by atoms with E-state index in [1.54, 1.807) is 0 Å². The Balaban J connectivity index is 1.87. The van der Waals surface area contributed by atoms with Crippen molar-refractivity contribution in [1.29, 1.82) is 0 Å². The van der Waals surface area contributed by atoms with Crippen LogP contribution in [0.3, 0.4) is 0 Å². The number of hydrogen-bond donors (Lipinski definition) is 4. The van der Waals surface area contributed by atoms with Crippen molar-refractivity contribution in [3.8, 4) is 11.4 Å². The lowest BCUT2D eigenvalue weighted by molar-refractivity contribution is 0.201. The average molecular weight is 331 g/mol. The molecule has 0 aliphatic heterocycles. The highest BCUT2D eigenvalue weighted by Gasteiger charge is 2.17. The quantitative estimate of drug-likeness (QED) is 0.623. The van der Waals surface area contributed by atoms with Crippen molar-refractivity contribution in [1.82, 2.24) is 25.8 Å². The van der Waals surface area contributed by atoms with E-state index in [1.807, 2.05) is 45.0 Å². The maximum atomic E-state index is 11.9. The molecule has 0 saturated heterocycles. The third kappa shape index (κ3) is 5.34. The third-order valence-electron chi connectivity index (χ3n) is 3.75. The summed E-state index contributed by atoms with van der Waals surface area (Å²) in [5, 5.41) is 21.6. The number of H-pyrrole nitrogens is 1. The second kappa shape index (κ2) is 7.92. The van der Waals surface area contributed by atoms with Crippen molar-refractivity contribution in [2.75, 3.05) is 13.2 Å². The maximum Gasteiger partial charge on any atom is 0.315 e. The van der Waals surface area contributed by atoms with Crippen LogP contribution in [0.2, 0.25) is 0 Å². The molecule has 0 aliphatic carbocycles. The molecule has 7 heteroatoms. The zero-order chi connectivity index (χ0) is 17.6. The topological polar surface area (TPSA) is 103 Å². The smallest absolute Gasteiger partial charge is 0.315 e. The van der Waals surface area contributed by atoms with E-state index in [1.165, 1.54) is 0 Å². The first-order valence-corrected chi connectivity index (χ1v) is 8.00. The summed E-state index contributed by atoms with van der Waals surface area (Å²) in [6.45, 7) is 6.91. The molecule has 0 bridgehead atoms. The van der Waals surface area contributed by atoms with Crippen LogP contribution in [0, 0.1) is 12.3 Å². The zero-order valence-electron chi connectivity index (χ0n) is 14.4. The second-order valence-electron chi connectivity index (χ2n) is 6.62. The van der Waals surface area contributed by atoms with Crippen LogP contribution in [-0.2, 0) is 6.54 Å². The lowest BCUT2D eigenvalue weighted by Crippen LogP contribution is -2.40. The SMILES string of the molecule is Cc1nc(-c2cccc(CNC(=O)NCC(C)(C)CCO)c2)n[nH]1. The van der Waals surface area contributed by atoms with Crippen LogP contribution in [0.25, 0.3) is 11.4 Å². The molecule has 0 spiro atoms. The summed E-state index contributed by atoms with van der Waals surface area (Å²) >= 11 is 0. The van der Waals surface area contributed by atoms with Gasteiger partial charge in [-0.05, 0) is 30.4 Å². The Morgan fingerprint density at radius 3 is 2.79 bits per heavy atom. The van der Waals surface area contributed by atoms with E-state index in [2.05, 4.69) is 25.8 Å². The summed E-state index contributed by atoms with van der Waals surface area (Å²) in [4.78, 5) is 16.2. The number of rotatable bonds is 7. The van der Waals surface area contributed by atoms with E-state index in [4.69, 9.17) is 5.11 Å². The number of urea groups is 1. The number of carbonyl (C=O) groups is 1. The Hall–Kier alpha value is -2.41. The van der Waals surface area contributed by atoms with E-state index in [0.29, 0.717) is 25.3 Å². The first-order chi connectivity index (χ1) is 11.4. The van der Waals surface area contributed by atoms with Crippen LogP contribution >= 0.6 is 0 Å². The van der Waals surface area contributed by atoms with E-state index < -0.39 is 0 Å². The fourth-order valence-electron chi connectivity index (χ4n) is 2.25. The summed E-state index contributed by atoms with van der Waals surface area (Å²) in [7, 11) is 0. The molecule has 130 valence electrons. The van der Waals surface area contributed by atoms with E-state index in [-0.39, 0.29) is 18.1 Å². The van der Waals surface area contributed by atoms with Gasteiger partial charge in [-0.25, -0.2) is 9.78 Å². The monoisotopic (exact) mass is 331 g/mol. The molecule has 24 heavy (non-hydrogen) atoms. The minimum absolute atomic E-state index is 0.115. The molecule has 0 saturated carbocycles. The first-order valence-electron chi connectivity index (χ1n) is 8.00. The van der Waals surface area contributed by atoms with Gasteiger partial charge in [0.05, 0.1) is 0 Å². The molecular formula is C17H25N5O2. The summed E-state index contributed by atoms with van der Waals surface area (Å²) in [6, 6.07) is 7.53. The first kappa shape index (κ1) is 17.9. The van der Waals surface area contributed by atoms with Crippen molar-refractivity contribution in [3.05, 3.63) is 35.7 Å². The lowest BCUT2D eigenvalue weighted by Gasteiger charge is -2.23. The number of aryl methyl sites for hydroxylation is 1. The van der Waals surface area contributed by atoms with Crippen LogP contribution in [0.5, 0.6) is 0 Å². The van der Waals surface area contributed by atoms with Crippen molar-refractivity contribution in [2.24, 2.45) is 5.41 Å². The number of benzene rings is 1. The summed E-state index contributed by atoms with van der Waals surface area (Å²) in [6.07, 6.45) is 0.644. The number of nitrogens with one attached hydrogen (secondary N) is 3. The van der Waals surface area contributed by atoms with Gasteiger partial charge in [0.25, 0.3) is 0 Å². The Kier molecular flexibility index (Phi) is 5.92. The number of amides is 2. The molecule has 0 radical (unpaired) electrons. The molecule has 1 heterocycles. The van der Waals surface area contributed by atoms with Gasteiger partial charge in [0.1, 0.15) is 5.82 Å². The molecule has 0 fully saturated rings. The highest BCUT2D eigenvalue weighted by Crippen LogP contribution is 2.18. The fraction of sp³-hybridized carbons (Fsp3) is 0.471. The van der Waals surface area contributed by atoms with Gasteiger partial charge in [-0.3, -0.25) is 5.10 Å². The highest BCUT2D eigenvalue weighted by molar-refractivity contribution is 5.73. The summed E-state index contributed by atoms with van der Waals surface area (Å²) in [5.74, 6) is 1.41. The minimum atomic E-state index is -0.222. The molecular weight excluding hydrogens is 306 g/mol. The number of aromatic nitrogens is 3. The Bertz CT molecular complexity index is 681. The summed E-state index contributed by atoms with van der Waals surface area (Å²) in [5.41, 5.74) is 1.75. The van der Waals surface area contributed by atoms with Crippen LogP contribution in [0.4, 0.5) is 4.79 Å². The largest absolute Gasteiger partial charge is 0.396 e. The van der Waals surface area contributed by atoms with E-state index >= 15 is 0 Å². The molecule has 1 aromatic heterocycles. The van der Waals surface area contributed by atoms with Gasteiger partial charge < -0.3 is 15.7 Å². The molecule has 7 nitrogen and oxygen atoms in total. The van der Waals surface area contributed by atoms with Gasteiger partial charge in [-0.2, -0.15) is 5.10 Å². The van der Waals surface area contributed by atoms with Crippen LogP contribution < -0.4 is 10.6 Å². The lowest BCUT2D eigenvalue weighted by atomic mass is 9.90. The van der Waals surface area contributed by atoms with Gasteiger partial charge in [0.15, 0.2) is 5.82 Å². The van der Waals surface area contributed by atoms with Gasteiger partial charge in [0, 0.05) is 25.3 Å². The molecule has 4 N–H and O–H groups in total. The van der Waals surface area contributed by atoms with Gasteiger partial charge >= 0.3 is 6.03 Å². The van der Waals surface area contributed by atoms with E-state index in [9.17, 15) is 4.79 Å². The molecule has 2 aromatic rings. The van der Waals surface area contributed by atoms with Gasteiger partial charge in [-0.1, -0.05) is 32.0 Å². The molecule has 0 aliphatic rings. The number of carbonyl (C=O) groups excluding carboxylic acids is 1. The third-order valence-corrected chi connectivity index (χ3v) is 3.75. The molecule has 0 unspecified atom stereocenters. The standard InChI is InChI=1S/C17H25N5O2/c1-12-20-15(22-21-12)14-6-4-5-13(9-14)10-18-16(24)19-11-17(2,3)7-8-23/h4-6,9,23H,7-8,10-11H2,1-3H3,(H2,18,19,24)(H,20,21,22). The Morgan fingerprint density at radius 2 is 2.12 bits per heavy atom. The highest BCUT2D eigenvalue weighted by atomic mass is 16.3. The van der Waals surface area contributed by atoms with Crippen LogP contribution in [0.15, 0.2) is 24.3 Å². The number of aliphatic hydroxyl groups is 1. The van der Waals surface area contributed by atoms with E-state index in [0.717, 1.165) is 17.0 Å². The summed E-state index contributed by atoms with van der Waals surface area (Å²) < 4.78 is 0. The number of aromatic amines is 1. The van der Waals surface area contributed by atoms with Crippen molar-refractivity contribution in [3.63, 3.8) is 0 Å². The van der Waals surface area contributed by atoms with Crippen molar-refractivity contribution >= 4 is 6.03 Å². The molecule has 2 rings (SSSR count). The average Bonchev–Trinajstić information content (AvgIpc) is 2.98. The fourth-order valence-corrected chi connectivity index (χ4v) is 2.25. The number of hydrogen-bond acceptors (Lipinski definition) is 4. The Labute approximate surface area is 141 Å². The van der Waals surface area contributed by atoms with Crippen LogP contribution in [-0.4, -0.2) is 39.5 Å². The molecule has 1 aromatic carbocycles. The maximum absolute atomic E-state index is 11.9. The van der Waals surface area contributed by atoms with Gasteiger partial charge in [-0.15, -0.1) is 0 Å². The van der Waals surface area contributed by atoms with Gasteiger partial charge in [0.2, 0.25) is 0 Å². The Morgan fingerprint density at radius 1 is 1.33 bits per heavy atom.